The van der Waals surface area contributed by atoms with E-state index in [1.165, 1.54) is 32.0 Å². The molecule has 2 N–H and O–H groups in total. The molecule has 0 unspecified atom stereocenters. The maximum Gasteiger partial charge on any atom is 0.273 e. The number of amides is 1. The molecule has 1 aliphatic rings. The van der Waals surface area contributed by atoms with Gasteiger partial charge in [-0.1, -0.05) is 6.07 Å². The van der Waals surface area contributed by atoms with Crippen molar-refractivity contribution in [3.05, 3.63) is 17.5 Å². The second kappa shape index (κ2) is 6.62. The van der Waals surface area contributed by atoms with Crippen molar-refractivity contribution in [2.24, 2.45) is 0 Å². The molecule has 0 radical (unpaired) electrons. The van der Waals surface area contributed by atoms with Crippen molar-refractivity contribution >= 4 is 27.8 Å². The monoisotopic (exact) mass is 262 g/mol. The normalized spacial score (nSPS) is 15.0. The van der Waals surface area contributed by atoms with E-state index >= 15 is 0 Å². The van der Waals surface area contributed by atoms with Crippen molar-refractivity contribution in [2.45, 2.75) is 17.1 Å². The molecule has 0 atom stereocenters. The predicted octanol–water partition coefficient (Wildman–Crippen LogP) is 0.553. The van der Waals surface area contributed by atoms with Crippen LogP contribution in [0, 0.1) is 0 Å². The molecule has 5 nitrogen and oxygen atoms in total. The first-order chi connectivity index (χ1) is 7.67. The number of carbonyl (C=O) groups is 1. The Hall–Kier alpha value is -0.920. The fraction of sp³-hybridized carbons (Fsp3) is 0.444. The molecule has 0 bridgehead atoms. The molecular formula is C9H14N2O3S2. The van der Waals surface area contributed by atoms with Gasteiger partial charge < -0.3 is 5.32 Å². The average molecular weight is 262 g/mol. The van der Waals surface area contributed by atoms with Crippen LogP contribution in [0.4, 0.5) is 0 Å². The minimum Gasteiger partial charge on any atom is -0.317 e. The molecule has 16 heavy (non-hydrogen) atoms. The molecule has 1 fully saturated rings. The Labute approximate surface area is 98.9 Å². The lowest BCUT2D eigenvalue weighted by Crippen LogP contribution is -2.20. The summed E-state index contributed by atoms with van der Waals surface area (Å²) < 4.78 is 23.8. The average Bonchev–Trinajstić information content (AvgIpc) is 2.95. The van der Waals surface area contributed by atoms with Gasteiger partial charge in [-0.2, -0.15) is 0 Å². The van der Waals surface area contributed by atoms with Gasteiger partial charge in [0.15, 0.2) is 0 Å². The Kier molecular flexibility index (Phi) is 5.44. The van der Waals surface area contributed by atoms with Gasteiger partial charge in [0.1, 0.15) is 4.21 Å². The summed E-state index contributed by atoms with van der Waals surface area (Å²) in [5.41, 5.74) is 0. The smallest absolute Gasteiger partial charge is 0.273 e. The van der Waals surface area contributed by atoms with Gasteiger partial charge in [-0.25, -0.2) is 8.42 Å². The van der Waals surface area contributed by atoms with E-state index in [2.05, 4.69) is 5.32 Å². The molecular weight excluding hydrogens is 248 g/mol. The van der Waals surface area contributed by atoms with Gasteiger partial charge in [0.25, 0.3) is 10.0 Å². The summed E-state index contributed by atoms with van der Waals surface area (Å²) in [6, 6.07) is 3.03. The van der Waals surface area contributed by atoms with Crippen molar-refractivity contribution in [1.29, 1.82) is 0 Å². The summed E-state index contributed by atoms with van der Waals surface area (Å²) in [5, 5.41) is 4.85. The highest BCUT2D eigenvalue weighted by atomic mass is 32.2. The predicted molar refractivity (Wildman–Crippen MR) is 62.8 cm³/mol. The van der Waals surface area contributed by atoms with E-state index in [4.69, 9.17) is 0 Å². The van der Waals surface area contributed by atoms with Crippen LogP contribution < -0.4 is 10.0 Å². The molecule has 2 heterocycles. The van der Waals surface area contributed by atoms with E-state index in [9.17, 15) is 13.2 Å². The molecule has 0 aliphatic carbocycles. The van der Waals surface area contributed by atoms with Crippen LogP contribution in [0.25, 0.3) is 0 Å². The number of hydrogen-bond acceptors (Lipinski definition) is 5. The van der Waals surface area contributed by atoms with E-state index in [1.807, 2.05) is 0 Å². The maximum absolute atomic E-state index is 11.0. The molecule has 1 aromatic rings. The number of thiophene rings is 1. The third-order valence-corrected chi connectivity index (χ3v) is 4.60. The summed E-state index contributed by atoms with van der Waals surface area (Å²) in [4.78, 5) is 9.83. The zero-order valence-corrected chi connectivity index (χ0v) is 10.3. The van der Waals surface area contributed by atoms with Crippen molar-refractivity contribution in [2.75, 3.05) is 13.1 Å². The Morgan fingerprint density at radius 2 is 2.06 bits per heavy atom. The second-order valence-electron chi connectivity index (χ2n) is 3.13. The lowest BCUT2D eigenvalue weighted by molar-refractivity contribution is -0.108. The third-order valence-electron chi connectivity index (χ3n) is 1.92. The highest BCUT2D eigenvalue weighted by molar-refractivity contribution is 7.92. The zero-order valence-electron chi connectivity index (χ0n) is 8.68. The number of carbonyl (C=O) groups excluding carboxylic acids is 1. The highest BCUT2D eigenvalue weighted by Gasteiger charge is 2.12. The largest absolute Gasteiger partial charge is 0.317 e. The van der Waals surface area contributed by atoms with Crippen LogP contribution in [0.5, 0.6) is 0 Å². The zero-order chi connectivity index (χ0) is 11.9. The van der Waals surface area contributed by atoms with Crippen molar-refractivity contribution in [3.63, 3.8) is 0 Å². The molecule has 0 saturated carbocycles. The minimum absolute atomic E-state index is 0.143. The van der Waals surface area contributed by atoms with E-state index in [1.54, 1.807) is 16.2 Å². The number of rotatable bonds is 3. The lowest BCUT2D eigenvalue weighted by Gasteiger charge is -1.95. The number of nitrogens with one attached hydrogen (secondary N) is 2. The number of sulfonamides is 1. The van der Waals surface area contributed by atoms with Gasteiger partial charge in [-0.15, -0.1) is 11.3 Å². The van der Waals surface area contributed by atoms with Crippen molar-refractivity contribution in [3.8, 4) is 0 Å². The van der Waals surface area contributed by atoms with Crippen LogP contribution in [0.1, 0.15) is 12.8 Å². The summed E-state index contributed by atoms with van der Waals surface area (Å²) >= 11 is 1.06. The van der Waals surface area contributed by atoms with Crippen LogP contribution in [-0.4, -0.2) is 27.9 Å². The van der Waals surface area contributed by atoms with Gasteiger partial charge in [0.05, 0.1) is 0 Å². The van der Waals surface area contributed by atoms with Gasteiger partial charge in [0, 0.05) is 0 Å². The summed E-state index contributed by atoms with van der Waals surface area (Å²) in [5.74, 6) is 0. The van der Waals surface area contributed by atoms with Crippen LogP contribution in [0.2, 0.25) is 0 Å². The molecule has 1 amide bonds. The highest BCUT2D eigenvalue weighted by Crippen LogP contribution is 2.14. The molecule has 0 spiro atoms. The Morgan fingerprint density at radius 3 is 2.44 bits per heavy atom. The fourth-order valence-electron chi connectivity index (χ4n) is 1.16. The Bertz CT molecular complexity index is 389. The first-order valence-electron chi connectivity index (χ1n) is 4.87. The second-order valence-corrected chi connectivity index (χ2v) is 6.02. The standard InChI is InChI=1S/C5H5NO3S2.C4H9N/c7-4-6-11(8,9)5-2-1-3-10-5;1-2-4-5-3-1/h1-4H,(H,6,7);5H,1-4H2. The minimum atomic E-state index is -3.57. The van der Waals surface area contributed by atoms with Gasteiger partial charge in [-0.3, -0.25) is 9.52 Å². The first kappa shape index (κ1) is 13.1. The fourth-order valence-corrected chi connectivity index (χ4v) is 2.93. The first-order valence-corrected chi connectivity index (χ1v) is 7.23. The molecule has 2 rings (SSSR count). The summed E-state index contributed by atoms with van der Waals surface area (Å²) in [7, 11) is -3.57. The van der Waals surface area contributed by atoms with Crippen LogP contribution in [0.3, 0.4) is 0 Å². The van der Waals surface area contributed by atoms with E-state index in [0.29, 0.717) is 0 Å². The number of hydrogen-bond donors (Lipinski definition) is 2. The van der Waals surface area contributed by atoms with Crippen molar-refractivity contribution < 1.29 is 13.2 Å². The quantitative estimate of drug-likeness (QED) is 0.780. The lowest BCUT2D eigenvalue weighted by atomic mass is 10.4. The molecule has 1 saturated heterocycles. The maximum atomic E-state index is 11.0. The Balaban J connectivity index is 0.000000212. The van der Waals surface area contributed by atoms with E-state index in [-0.39, 0.29) is 10.6 Å². The van der Waals surface area contributed by atoms with E-state index < -0.39 is 10.0 Å². The molecule has 0 aromatic carbocycles. The summed E-state index contributed by atoms with van der Waals surface area (Å²) in [6.07, 6.45) is 2.93. The van der Waals surface area contributed by atoms with Crippen LogP contribution in [-0.2, 0) is 14.8 Å². The molecule has 1 aliphatic heterocycles. The molecule has 7 heteroatoms. The van der Waals surface area contributed by atoms with Gasteiger partial charge in [0.2, 0.25) is 6.41 Å². The SMILES string of the molecule is C1CCNC1.O=CNS(=O)(=O)c1cccs1. The van der Waals surface area contributed by atoms with Crippen LogP contribution >= 0.6 is 11.3 Å². The van der Waals surface area contributed by atoms with E-state index in [0.717, 1.165) is 11.3 Å². The van der Waals surface area contributed by atoms with Gasteiger partial charge in [-0.05, 0) is 37.4 Å². The van der Waals surface area contributed by atoms with Gasteiger partial charge >= 0.3 is 0 Å². The van der Waals surface area contributed by atoms with Crippen molar-refractivity contribution in [1.82, 2.24) is 10.0 Å². The Morgan fingerprint density at radius 1 is 1.38 bits per heavy atom. The molecule has 1 aromatic heterocycles. The topological polar surface area (TPSA) is 75.3 Å². The van der Waals surface area contributed by atoms with Crippen LogP contribution in [0.15, 0.2) is 21.7 Å². The molecule has 90 valence electrons. The third kappa shape index (κ3) is 4.30. The summed E-state index contributed by atoms with van der Waals surface area (Å²) in [6.45, 7) is 2.50.